The maximum absolute atomic E-state index is 5.74. The summed E-state index contributed by atoms with van der Waals surface area (Å²) >= 11 is 5.74. The van der Waals surface area contributed by atoms with E-state index >= 15 is 0 Å². The molecule has 1 nitrogen and oxygen atoms in total. The predicted molar refractivity (Wildman–Crippen MR) is 48.6 cm³/mol. The van der Waals surface area contributed by atoms with Crippen LogP contribution in [0.1, 0.15) is 5.56 Å². The summed E-state index contributed by atoms with van der Waals surface area (Å²) in [5.41, 5.74) is 2.37. The van der Waals surface area contributed by atoms with Gasteiger partial charge in [-0.3, -0.25) is 0 Å². The van der Waals surface area contributed by atoms with E-state index in [1.54, 1.807) is 0 Å². The largest absolute Gasteiger partial charge is 0.336 e. The Morgan fingerprint density at radius 3 is 3.00 bits per heavy atom. The minimum atomic E-state index is 1.16. The van der Waals surface area contributed by atoms with E-state index in [0.29, 0.717) is 0 Å². The second kappa shape index (κ2) is 2.63. The smallest absolute Gasteiger partial charge is 0.306 e. The van der Waals surface area contributed by atoms with Crippen molar-refractivity contribution in [3.05, 3.63) is 36.0 Å². The molecule has 3 heteroatoms. The summed E-state index contributed by atoms with van der Waals surface area (Å²) in [6.45, 7) is 0. The highest BCUT2D eigenvalue weighted by atomic mass is 35.5. The Morgan fingerprint density at radius 2 is 2.09 bits per heavy atom. The van der Waals surface area contributed by atoms with Gasteiger partial charge in [-0.25, -0.2) is 0 Å². The molecule has 0 atom stereocenters. The first-order valence-corrected chi connectivity index (χ1v) is 3.76. The van der Waals surface area contributed by atoms with Crippen molar-refractivity contribution in [2.24, 2.45) is 0 Å². The van der Waals surface area contributed by atoms with Crippen LogP contribution in [0.3, 0.4) is 0 Å². The van der Waals surface area contributed by atoms with Gasteiger partial charge in [0.15, 0.2) is 0 Å². The van der Waals surface area contributed by atoms with Crippen LogP contribution in [0.4, 0.5) is 0 Å². The lowest BCUT2D eigenvalue weighted by Gasteiger charge is -2.15. The van der Waals surface area contributed by atoms with Crippen LogP contribution in [0, 0.1) is 0 Å². The second-order valence-corrected chi connectivity index (χ2v) is 2.81. The number of fused-ring (bicyclic) bond motifs is 1. The van der Waals surface area contributed by atoms with Crippen molar-refractivity contribution in [1.29, 1.82) is 0 Å². The molecule has 1 aromatic rings. The second-order valence-electron chi connectivity index (χ2n) is 2.42. The van der Waals surface area contributed by atoms with Crippen LogP contribution >= 0.6 is 11.8 Å². The first kappa shape index (κ1) is 6.80. The van der Waals surface area contributed by atoms with E-state index in [-0.39, 0.29) is 0 Å². The van der Waals surface area contributed by atoms with E-state index in [1.807, 2.05) is 37.9 Å². The van der Waals surface area contributed by atoms with Crippen LogP contribution in [0.2, 0.25) is 0 Å². The van der Waals surface area contributed by atoms with Gasteiger partial charge in [-0.1, -0.05) is 29.7 Å². The Hall–Kier alpha value is -0.885. The molecular weight excluding hydrogens is 156 g/mol. The highest BCUT2D eigenvalue weighted by molar-refractivity contribution is 6.59. The summed E-state index contributed by atoms with van der Waals surface area (Å²) in [6.07, 6.45) is 3.81. The number of benzene rings is 1. The van der Waals surface area contributed by atoms with E-state index in [1.165, 1.54) is 9.89 Å². The number of hydrogen-bond acceptors (Lipinski definition) is 1. The monoisotopic (exact) mass is 162 g/mol. The molecule has 1 aliphatic rings. The van der Waals surface area contributed by atoms with Gasteiger partial charge in [-0.05, 0) is 23.4 Å². The van der Waals surface area contributed by atoms with E-state index in [0.717, 1.165) is 5.46 Å². The first-order chi connectivity index (χ1) is 5.36. The van der Waals surface area contributed by atoms with E-state index < -0.39 is 0 Å². The maximum atomic E-state index is 5.74. The third-order valence-electron chi connectivity index (χ3n) is 1.65. The topological polar surface area (TPSA) is 3.24 Å². The number of rotatable bonds is 0. The number of nitrogens with zero attached hydrogens (tertiary/aromatic N) is 1. The molecule has 0 bridgehead atoms. The Morgan fingerprint density at radius 1 is 1.27 bits per heavy atom. The fraction of sp³-hybridized carbons (Fsp3) is 0. The van der Waals surface area contributed by atoms with Crippen molar-refractivity contribution in [3.8, 4) is 0 Å². The van der Waals surface area contributed by atoms with Gasteiger partial charge in [0.05, 0.1) is 0 Å². The Balaban J connectivity index is 2.46. The zero-order valence-electron chi connectivity index (χ0n) is 5.87. The van der Waals surface area contributed by atoms with Crippen LogP contribution in [-0.4, -0.2) is 11.7 Å². The third kappa shape index (κ3) is 1.26. The summed E-state index contributed by atoms with van der Waals surface area (Å²) in [4.78, 5) is 0. The lowest BCUT2D eigenvalue weighted by molar-refractivity contribution is 0.974. The maximum Gasteiger partial charge on any atom is 0.306 e. The molecule has 0 aliphatic carbocycles. The lowest BCUT2D eigenvalue weighted by Crippen LogP contribution is -2.29. The summed E-state index contributed by atoms with van der Waals surface area (Å²) in [5.74, 6) is 0. The van der Waals surface area contributed by atoms with Gasteiger partial charge >= 0.3 is 7.41 Å². The predicted octanol–water partition coefficient (Wildman–Crippen LogP) is 1.37. The molecule has 1 aromatic carbocycles. The summed E-state index contributed by atoms with van der Waals surface area (Å²) in [6, 6.07) is 8.11. The van der Waals surface area contributed by atoms with Crippen LogP contribution in [0.5, 0.6) is 0 Å². The molecule has 11 heavy (non-hydrogen) atoms. The molecule has 0 saturated heterocycles. The summed E-state index contributed by atoms with van der Waals surface area (Å²) in [7, 11) is 1.89. The zero-order chi connectivity index (χ0) is 7.68. The van der Waals surface area contributed by atoms with E-state index in [9.17, 15) is 0 Å². The molecule has 0 N–H and O–H groups in total. The summed E-state index contributed by atoms with van der Waals surface area (Å²) in [5, 5.41) is 0. The molecule has 1 radical (unpaired) electrons. The fourth-order valence-corrected chi connectivity index (χ4v) is 1.27. The van der Waals surface area contributed by atoms with Gasteiger partial charge in [-0.2, -0.15) is 0 Å². The molecule has 0 fully saturated rings. The first-order valence-electron chi connectivity index (χ1n) is 3.42. The minimum absolute atomic E-state index is 1.16. The average molecular weight is 162 g/mol. The fourth-order valence-electron chi connectivity index (χ4n) is 1.11. The van der Waals surface area contributed by atoms with Crippen LogP contribution in [0.15, 0.2) is 30.5 Å². The zero-order valence-corrected chi connectivity index (χ0v) is 6.62. The molecule has 0 aromatic heterocycles. The van der Waals surface area contributed by atoms with Crippen molar-refractivity contribution in [1.82, 2.24) is 4.33 Å². The average Bonchev–Trinajstić information content (AvgIpc) is 2.04. The molecule has 1 aliphatic heterocycles. The highest BCUT2D eigenvalue weighted by Crippen LogP contribution is 2.07. The molecule has 0 unspecified atom stereocenters. The normalized spacial score (nSPS) is 14.1. The van der Waals surface area contributed by atoms with Crippen LogP contribution in [-0.2, 0) is 0 Å². The van der Waals surface area contributed by atoms with E-state index in [4.69, 9.17) is 11.8 Å². The van der Waals surface area contributed by atoms with Gasteiger partial charge < -0.3 is 4.33 Å². The van der Waals surface area contributed by atoms with Gasteiger partial charge in [0.1, 0.15) is 0 Å². The number of hydrogen-bond donors (Lipinski definition) is 0. The van der Waals surface area contributed by atoms with E-state index in [2.05, 4.69) is 6.07 Å². The number of halogens is 1. The molecule has 53 valence electrons. The third-order valence-corrected chi connectivity index (χ3v) is 1.87. The molecule has 0 amide bonds. The standard InChI is InChI=1S/C8H6BClN/c10-11-6-5-7-3-1-2-4-8(7)9-11/h1-6H. The van der Waals surface area contributed by atoms with Gasteiger partial charge in [0.25, 0.3) is 0 Å². The molecular formula is C8H6BClN. The molecule has 0 saturated carbocycles. The Bertz CT molecular complexity index is 298. The highest BCUT2D eigenvalue weighted by Gasteiger charge is 2.09. The Kier molecular flexibility index (Phi) is 1.62. The SMILES string of the molecule is ClN1[B]c2ccccc2C=C1. The molecule has 0 spiro atoms. The van der Waals surface area contributed by atoms with Crippen LogP contribution < -0.4 is 5.46 Å². The lowest BCUT2D eigenvalue weighted by atomic mass is 9.77. The summed E-state index contributed by atoms with van der Waals surface area (Å²) < 4.78 is 1.53. The molecule has 1 heterocycles. The van der Waals surface area contributed by atoms with Gasteiger partial charge in [0, 0.05) is 6.20 Å². The quantitative estimate of drug-likeness (QED) is 0.411. The van der Waals surface area contributed by atoms with Crippen molar-refractivity contribution in [2.75, 3.05) is 0 Å². The van der Waals surface area contributed by atoms with Gasteiger partial charge in [0.2, 0.25) is 0 Å². The van der Waals surface area contributed by atoms with Crippen LogP contribution in [0.25, 0.3) is 6.08 Å². The van der Waals surface area contributed by atoms with Crippen molar-refractivity contribution in [2.45, 2.75) is 0 Å². The van der Waals surface area contributed by atoms with Gasteiger partial charge in [-0.15, -0.1) is 0 Å². The Labute approximate surface area is 71.7 Å². The van der Waals surface area contributed by atoms with Crippen molar-refractivity contribution < 1.29 is 0 Å². The van der Waals surface area contributed by atoms with Crippen molar-refractivity contribution in [3.63, 3.8) is 0 Å². The molecule has 2 rings (SSSR count). The minimum Gasteiger partial charge on any atom is -0.336 e. The van der Waals surface area contributed by atoms with Crippen molar-refractivity contribution >= 4 is 30.7 Å².